The molecule has 2 fully saturated rings. The summed E-state index contributed by atoms with van der Waals surface area (Å²) in [6, 6.07) is 11.0. The second-order valence-electron chi connectivity index (χ2n) is 7.57. The maximum atomic E-state index is 13.2. The summed E-state index contributed by atoms with van der Waals surface area (Å²) < 4.78 is 5.12. The average molecular weight is 423 g/mol. The first-order valence-corrected chi connectivity index (χ1v) is 10.3. The van der Waals surface area contributed by atoms with Crippen LogP contribution in [-0.4, -0.2) is 64.9 Å². The molecule has 0 spiro atoms. The topological polar surface area (TPSA) is 104 Å². The van der Waals surface area contributed by atoms with Gasteiger partial charge in [-0.15, -0.1) is 0 Å². The Morgan fingerprint density at radius 1 is 1.23 bits per heavy atom. The van der Waals surface area contributed by atoms with Crippen LogP contribution in [0, 0.1) is 0 Å². The highest BCUT2D eigenvalue weighted by atomic mass is 16.5. The van der Waals surface area contributed by atoms with Crippen LogP contribution >= 0.6 is 0 Å². The molecule has 2 atom stereocenters. The van der Waals surface area contributed by atoms with E-state index in [9.17, 15) is 14.4 Å². The molecule has 4 amide bonds. The molecule has 2 aromatic rings. The lowest BCUT2D eigenvalue weighted by atomic mass is 9.93. The summed E-state index contributed by atoms with van der Waals surface area (Å²) in [7, 11) is 1.57. The van der Waals surface area contributed by atoms with Crippen LogP contribution in [0.15, 0.2) is 48.7 Å². The monoisotopic (exact) mass is 423 g/mol. The Kier molecular flexibility index (Phi) is 6.13. The van der Waals surface area contributed by atoms with Gasteiger partial charge in [-0.2, -0.15) is 0 Å². The third kappa shape index (κ3) is 4.51. The van der Waals surface area contributed by atoms with Crippen molar-refractivity contribution in [1.82, 2.24) is 20.1 Å². The van der Waals surface area contributed by atoms with Crippen molar-refractivity contribution in [2.75, 3.05) is 25.5 Å². The molecule has 3 heterocycles. The van der Waals surface area contributed by atoms with E-state index in [0.717, 1.165) is 6.42 Å². The molecule has 0 saturated carbocycles. The Balaban J connectivity index is 1.51. The van der Waals surface area contributed by atoms with Gasteiger partial charge in [0.05, 0.1) is 25.4 Å². The van der Waals surface area contributed by atoms with Crippen LogP contribution in [0.25, 0.3) is 0 Å². The third-order valence-electron chi connectivity index (χ3n) is 5.57. The number of carbonyl (C=O) groups excluding carboxylic acids is 3. The highest BCUT2D eigenvalue weighted by Gasteiger charge is 2.47. The molecule has 9 heteroatoms. The van der Waals surface area contributed by atoms with Gasteiger partial charge in [0.1, 0.15) is 18.3 Å². The minimum atomic E-state index is -0.524. The standard InChI is InChI=1S/C22H25N5O4/c1-31-17-9-7-15(8-10-17)25-19(28)14-26-18-6-4-12-24-20(18)21(29)27(22(26)30)13-16-5-2-3-11-23-16/h2-3,5,7-11,18,20,24H,4,6,12-14H2,1H3,(H,25,28). The Labute approximate surface area is 180 Å². The number of piperidine rings is 1. The van der Waals surface area contributed by atoms with Crippen molar-refractivity contribution >= 4 is 23.5 Å². The van der Waals surface area contributed by atoms with Crippen LogP contribution in [0.4, 0.5) is 10.5 Å². The first kappa shape index (κ1) is 20.8. The molecule has 9 nitrogen and oxygen atoms in total. The second kappa shape index (κ2) is 9.13. The van der Waals surface area contributed by atoms with E-state index in [2.05, 4.69) is 15.6 Å². The molecule has 0 bridgehead atoms. The summed E-state index contributed by atoms with van der Waals surface area (Å²) in [5, 5.41) is 6.03. The average Bonchev–Trinajstić information content (AvgIpc) is 2.80. The highest BCUT2D eigenvalue weighted by Crippen LogP contribution is 2.26. The van der Waals surface area contributed by atoms with Gasteiger partial charge in [-0.3, -0.25) is 19.5 Å². The number of urea groups is 1. The van der Waals surface area contributed by atoms with Crippen molar-refractivity contribution < 1.29 is 19.1 Å². The number of amides is 4. The van der Waals surface area contributed by atoms with Gasteiger partial charge in [-0.05, 0) is 55.8 Å². The number of anilines is 1. The molecule has 2 N–H and O–H groups in total. The summed E-state index contributed by atoms with van der Waals surface area (Å²) in [4.78, 5) is 45.9. The maximum Gasteiger partial charge on any atom is 0.327 e. The number of hydrogen-bond donors (Lipinski definition) is 2. The van der Waals surface area contributed by atoms with E-state index in [1.54, 1.807) is 49.7 Å². The molecule has 31 heavy (non-hydrogen) atoms. The van der Waals surface area contributed by atoms with E-state index in [1.165, 1.54) is 9.80 Å². The number of ether oxygens (including phenoxy) is 1. The van der Waals surface area contributed by atoms with Gasteiger partial charge in [0.15, 0.2) is 0 Å². The molecule has 2 aliphatic rings. The van der Waals surface area contributed by atoms with Crippen LogP contribution in [0.2, 0.25) is 0 Å². The van der Waals surface area contributed by atoms with E-state index in [1.807, 2.05) is 6.07 Å². The number of nitrogens with zero attached hydrogens (tertiary/aromatic N) is 3. The molecule has 162 valence electrons. The number of aromatic nitrogens is 1. The number of fused-ring (bicyclic) bond motifs is 1. The second-order valence-corrected chi connectivity index (χ2v) is 7.57. The molecule has 2 saturated heterocycles. The molecular weight excluding hydrogens is 398 g/mol. The number of rotatable bonds is 6. The lowest BCUT2D eigenvalue weighted by molar-refractivity contribution is -0.138. The van der Waals surface area contributed by atoms with Crippen LogP contribution in [0.1, 0.15) is 18.5 Å². The number of hydrogen-bond acceptors (Lipinski definition) is 6. The number of nitrogens with one attached hydrogen (secondary N) is 2. The molecule has 4 rings (SSSR count). The maximum absolute atomic E-state index is 13.2. The van der Waals surface area contributed by atoms with Crippen LogP contribution in [0.5, 0.6) is 5.75 Å². The minimum Gasteiger partial charge on any atom is -0.497 e. The van der Waals surface area contributed by atoms with Gasteiger partial charge in [-0.1, -0.05) is 6.07 Å². The lowest BCUT2D eigenvalue weighted by Gasteiger charge is -2.46. The first-order chi connectivity index (χ1) is 15.1. The Morgan fingerprint density at radius 3 is 2.74 bits per heavy atom. The smallest absolute Gasteiger partial charge is 0.327 e. The first-order valence-electron chi connectivity index (χ1n) is 10.3. The number of carbonyl (C=O) groups is 3. The zero-order valence-corrected chi connectivity index (χ0v) is 17.3. The zero-order valence-electron chi connectivity index (χ0n) is 17.3. The zero-order chi connectivity index (χ0) is 21.8. The van der Waals surface area contributed by atoms with Crippen molar-refractivity contribution in [3.8, 4) is 5.75 Å². The number of imide groups is 1. The molecule has 2 unspecified atom stereocenters. The van der Waals surface area contributed by atoms with E-state index < -0.39 is 12.1 Å². The van der Waals surface area contributed by atoms with Gasteiger partial charge in [0, 0.05) is 11.9 Å². The Bertz CT molecular complexity index is 950. The van der Waals surface area contributed by atoms with Crippen LogP contribution in [-0.2, 0) is 16.1 Å². The molecule has 1 aromatic heterocycles. The number of benzene rings is 1. The Morgan fingerprint density at radius 2 is 2.03 bits per heavy atom. The fourth-order valence-electron chi connectivity index (χ4n) is 4.03. The molecule has 0 radical (unpaired) electrons. The Hall–Kier alpha value is -3.46. The summed E-state index contributed by atoms with van der Waals surface area (Å²) in [5.41, 5.74) is 1.22. The minimum absolute atomic E-state index is 0.0694. The summed E-state index contributed by atoms with van der Waals surface area (Å²) in [6.45, 7) is 0.629. The lowest BCUT2D eigenvalue weighted by Crippen LogP contribution is -2.70. The third-order valence-corrected chi connectivity index (χ3v) is 5.57. The van der Waals surface area contributed by atoms with Gasteiger partial charge >= 0.3 is 6.03 Å². The summed E-state index contributed by atoms with van der Waals surface area (Å²) in [6.07, 6.45) is 3.12. The van der Waals surface area contributed by atoms with Crippen LogP contribution < -0.4 is 15.4 Å². The molecule has 1 aromatic carbocycles. The summed E-state index contributed by atoms with van der Waals surface area (Å²) >= 11 is 0. The van der Waals surface area contributed by atoms with Crippen molar-refractivity contribution in [2.45, 2.75) is 31.5 Å². The van der Waals surface area contributed by atoms with E-state index in [0.29, 0.717) is 30.1 Å². The van der Waals surface area contributed by atoms with Gasteiger partial charge < -0.3 is 20.3 Å². The number of pyridine rings is 1. The molecular formula is C22H25N5O4. The number of methoxy groups -OCH3 is 1. The van der Waals surface area contributed by atoms with Crippen molar-refractivity contribution in [3.63, 3.8) is 0 Å². The normalized spacial score (nSPS) is 20.9. The van der Waals surface area contributed by atoms with E-state index in [4.69, 9.17) is 4.74 Å². The van der Waals surface area contributed by atoms with Crippen molar-refractivity contribution in [1.29, 1.82) is 0 Å². The van der Waals surface area contributed by atoms with Gasteiger partial charge in [0.25, 0.3) is 0 Å². The van der Waals surface area contributed by atoms with E-state index in [-0.39, 0.29) is 30.9 Å². The highest BCUT2D eigenvalue weighted by molar-refractivity contribution is 6.02. The van der Waals surface area contributed by atoms with E-state index >= 15 is 0 Å². The predicted octanol–water partition coefficient (Wildman–Crippen LogP) is 1.61. The fraction of sp³-hybridized carbons (Fsp3) is 0.364. The van der Waals surface area contributed by atoms with Crippen molar-refractivity contribution in [3.05, 3.63) is 54.4 Å². The fourth-order valence-corrected chi connectivity index (χ4v) is 4.03. The van der Waals surface area contributed by atoms with Gasteiger partial charge in [0.2, 0.25) is 11.8 Å². The van der Waals surface area contributed by atoms with Crippen molar-refractivity contribution in [2.24, 2.45) is 0 Å². The molecule has 0 aliphatic carbocycles. The largest absolute Gasteiger partial charge is 0.497 e. The summed E-state index contributed by atoms with van der Waals surface area (Å²) in [5.74, 6) is 0.0890. The van der Waals surface area contributed by atoms with Gasteiger partial charge in [-0.25, -0.2) is 4.79 Å². The SMILES string of the molecule is COc1ccc(NC(=O)CN2C(=O)N(Cc3ccccn3)C(=O)C3NCCCC32)cc1. The van der Waals surface area contributed by atoms with Crippen LogP contribution in [0.3, 0.4) is 0 Å². The quantitative estimate of drug-likeness (QED) is 0.732. The predicted molar refractivity (Wildman–Crippen MR) is 113 cm³/mol. The molecule has 2 aliphatic heterocycles.